The van der Waals surface area contributed by atoms with E-state index >= 15 is 0 Å². The number of carbonyl (C=O) groups is 1. The van der Waals surface area contributed by atoms with Crippen molar-refractivity contribution in [3.8, 4) is 5.75 Å². The number of para-hydroxylation sites is 1. The zero-order valence-electron chi connectivity index (χ0n) is 16.6. The van der Waals surface area contributed by atoms with Gasteiger partial charge >= 0.3 is 0 Å². The lowest BCUT2D eigenvalue weighted by Gasteiger charge is -2.31. The zero-order chi connectivity index (χ0) is 20.4. The van der Waals surface area contributed by atoms with Crippen LogP contribution in [0.2, 0.25) is 0 Å². The quantitative estimate of drug-likeness (QED) is 0.812. The van der Waals surface area contributed by atoms with Gasteiger partial charge in [-0.05, 0) is 55.5 Å². The molecule has 1 aliphatic carbocycles. The second kappa shape index (κ2) is 8.06. The minimum atomic E-state index is -3.87. The van der Waals surface area contributed by atoms with Crippen LogP contribution in [0.25, 0.3) is 0 Å². The van der Waals surface area contributed by atoms with Crippen molar-refractivity contribution in [2.75, 3.05) is 18.0 Å². The number of nitrogens with zero attached hydrogens (tertiary/aromatic N) is 1. The molecule has 4 rings (SSSR count). The molecule has 29 heavy (non-hydrogen) atoms. The van der Waals surface area contributed by atoms with Crippen molar-refractivity contribution in [1.29, 1.82) is 0 Å². The van der Waals surface area contributed by atoms with Crippen molar-refractivity contribution in [3.05, 3.63) is 53.6 Å². The number of benzene rings is 2. The predicted octanol–water partition coefficient (Wildman–Crippen LogP) is 3.51. The Morgan fingerprint density at radius 1 is 1.10 bits per heavy atom. The Morgan fingerprint density at radius 3 is 2.62 bits per heavy atom. The molecule has 154 valence electrons. The van der Waals surface area contributed by atoms with Gasteiger partial charge in [-0.2, -0.15) is 0 Å². The maximum absolute atomic E-state index is 13.6. The topological polar surface area (TPSA) is 75.7 Å². The van der Waals surface area contributed by atoms with Crippen molar-refractivity contribution in [2.45, 2.75) is 49.5 Å². The third-order valence-electron chi connectivity index (χ3n) is 5.75. The zero-order valence-corrected chi connectivity index (χ0v) is 17.4. The first-order valence-corrected chi connectivity index (χ1v) is 11.5. The highest BCUT2D eigenvalue weighted by molar-refractivity contribution is 7.93. The number of anilines is 1. The number of hydrogen-bond donors (Lipinski definition) is 1. The molecule has 1 saturated carbocycles. The third kappa shape index (κ3) is 3.83. The molecular weight excluding hydrogens is 388 g/mol. The molecular formula is C22H26N2O4S. The van der Waals surface area contributed by atoms with Crippen LogP contribution in [-0.4, -0.2) is 34.0 Å². The first kappa shape index (κ1) is 19.8. The molecule has 0 bridgehead atoms. The van der Waals surface area contributed by atoms with E-state index in [-0.39, 0.29) is 22.6 Å². The SMILES string of the molecule is COc1ccc(C(=O)NC2CCCC2)cc1S(=O)(=O)N1CCCc2ccccc21. The van der Waals surface area contributed by atoms with Crippen LogP contribution in [0.15, 0.2) is 47.4 Å². The number of aryl methyl sites for hydroxylation is 1. The normalized spacial score (nSPS) is 17.1. The van der Waals surface area contributed by atoms with Gasteiger partial charge in [0, 0.05) is 18.2 Å². The van der Waals surface area contributed by atoms with Crippen LogP contribution in [0, 0.1) is 0 Å². The average Bonchev–Trinajstić information content (AvgIpc) is 3.25. The lowest BCUT2D eigenvalue weighted by molar-refractivity contribution is 0.0937. The van der Waals surface area contributed by atoms with E-state index in [9.17, 15) is 13.2 Å². The second-order valence-electron chi connectivity index (χ2n) is 7.63. The second-order valence-corrected chi connectivity index (χ2v) is 9.46. The summed E-state index contributed by atoms with van der Waals surface area (Å²) >= 11 is 0. The number of nitrogens with one attached hydrogen (secondary N) is 1. The summed E-state index contributed by atoms with van der Waals surface area (Å²) in [6.45, 7) is 0.404. The fourth-order valence-electron chi connectivity index (χ4n) is 4.23. The summed E-state index contributed by atoms with van der Waals surface area (Å²) in [5.41, 5.74) is 2.04. The fraction of sp³-hybridized carbons (Fsp3) is 0.409. The Balaban J connectivity index is 1.70. The fourth-order valence-corrected chi connectivity index (χ4v) is 5.95. The smallest absolute Gasteiger partial charge is 0.268 e. The van der Waals surface area contributed by atoms with Crippen molar-refractivity contribution < 1.29 is 17.9 Å². The molecule has 1 aliphatic heterocycles. The molecule has 0 unspecified atom stereocenters. The average molecular weight is 415 g/mol. The number of hydrogen-bond acceptors (Lipinski definition) is 4. The minimum Gasteiger partial charge on any atom is -0.495 e. The number of rotatable bonds is 5. The van der Waals surface area contributed by atoms with Gasteiger partial charge in [-0.1, -0.05) is 31.0 Å². The van der Waals surface area contributed by atoms with Crippen LogP contribution in [0.4, 0.5) is 5.69 Å². The van der Waals surface area contributed by atoms with Gasteiger partial charge in [0.2, 0.25) is 0 Å². The number of sulfonamides is 1. The maximum atomic E-state index is 13.6. The Kier molecular flexibility index (Phi) is 5.50. The van der Waals surface area contributed by atoms with Crippen LogP contribution in [0.3, 0.4) is 0 Å². The number of amides is 1. The molecule has 2 aromatic rings. The first-order valence-electron chi connectivity index (χ1n) is 10.1. The summed E-state index contributed by atoms with van der Waals surface area (Å²) < 4.78 is 33.9. The summed E-state index contributed by atoms with van der Waals surface area (Å²) in [5.74, 6) is 0.000480. The van der Waals surface area contributed by atoms with Crippen LogP contribution in [-0.2, 0) is 16.4 Å². The Labute approximate surface area is 171 Å². The molecule has 1 N–H and O–H groups in total. The van der Waals surface area contributed by atoms with Crippen LogP contribution >= 0.6 is 0 Å². The Morgan fingerprint density at radius 2 is 1.86 bits per heavy atom. The van der Waals surface area contributed by atoms with Gasteiger partial charge in [0.05, 0.1) is 12.8 Å². The Bertz CT molecular complexity index is 1010. The van der Waals surface area contributed by atoms with Crippen molar-refractivity contribution in [3.63, 3.8) is 0 Å². The number of ether oxygens (including phenoxy) is 1. The highest BCUT2D eigenvalue weighted by Gasteiger charge is 2.32. The summed E-state index contributed by atoms with van der Waals surface area (Å²) in [6.07, 6.45) is 5.77. The van der Waals surface area contributed by atoms with Crippen molar-refractivity contribution >= 4 is 21.6 Å². The van der Waals surface area contributed by atoms with E-state index in [1.165, 1.54) is 17.5 Å². The molecule has 0 atom stereocenters. The van der Waals surface area contributed by atoms with Gasteiger partial charge in [0.15, 0.2) is 0 Å². The molecule has 2 aliphatic rings. The van der Waals surface area contributed by atoms with E-state index in [2.05, 4.69) is 5.32 Å². The van der Waals surface area contributed by atoms with E-state index in [1.54, 1.807) is 12.1 Å². The van der Waals surface area contributed by atoms with Gasteiger partial charge in [-0.15, -0.1) is 0 Å². The van der Waals surface area contributed by atoms with Crippen molar-refractivity contribution in [2.24, 2.45) is 0 Å². The maximum Gasteiger partial charge on any atom is 0.268 e. The van der Waals surface area contributed by atoms with Gasteiger partial charge in [0.25, 0.3) is 15.9 Å². The lowest BCUT2D eigenvalue weighted by Crippen LogP contribution is -2.36. The van der Waals surface area contributed by atoms with E-state index in [4.69, 9.17) is 4.74 Å². The summed E-state index contributed by atoms with van der Waals surface area (Å²) in [7, 11) is -2.43. The van der Waals surface area contributed by atoms with Gasteiger partial charge in [-0.3, -0.25) is 9.10 Å². The monoisotopic (exact) mass is 414 g/mol. The molecule has 1 heterocycles. The van der Waals surface area contributed by atoms with Crippen LogP contribution in [0.1, 0.15) is 48.0 Å². The predicted molar refractivity (Wildman–Crippen MR) is 112 cm³/mol. The summed E-state index contributed by atoms with van der Waals surface area (Å²) in [5, 5.41) is 3.02. The molecule has 2 aromatic carbocycles. The van der Waals surface area contributed by atoms with Crippen LogP contribution < -0.4 is 14.4 Å². The molecule has 0 spiro atoms. The highest BCUT2D eigenvalue weighted by atomic mass is 32.2. The molecule has 7 heteroatoms. The molecule has 6 nitrogen and oxygen atoms in total. The lowest BCUT2D eigenvalue weighted by atomic mass is 10.0. The van der Waals surface area contributed by atoms with Crippen LogP contribution in [0.5, 0.6) is 5.75 Å². The Hall–Kier alpha value is -2.54. The highest BCUT2D eigenvalue weighted by Crippen LogP contribution is 2.35. The molecule has 0 saturated heterocycles. The van der Waals surface area contributed by atoms with Gasteiger partial charge in [-0.25, -0.2) is 8.42 Å². The van der Waals surface area contributed by atoms with Gasteiger partial charge < -0.3 is 10.1 Å². The third-order valence-corrected chi connectivity index (χ3v) is 7.59. The molecule has 1 amide bonds. The summed E-state index contributed by atoms with van der Waals surface area (Å²) in [6, 6.07) is 12.3. The van der Waals surface area contributed by atoms with E-state index in [0.29, 0.717) is 17.8 Å². The molecule has 0 aromatic heterocycles. The first-order chi connectivity index (χ1) is 14.0. The number of methoxy groups -OCH3 is 1. The standard InChI is InChI=1S/C22H26N2O4S/c1-28-20-13-12-17(22(25)23-18-9-3-4-10-18)15-21(20)29(26,27)24-14-6-8-16-7-2-5-11-19(16)24/h2,5,7,11-13,15,18H,3-4,6,8-10,14H2,1H3,(H,23,25). The number of carbonyl (C=O) groups excluding carboxylic acids is 1. The summed E-state index contributed by atoms with van der Waals surface area (Å²) in [4.78, 5) is 12.7. The largest absolute Gasteiger partial charge is 0.495 e. The van der Waals surface area contributed by atoms with E-state index in [1.807, 2.05) is 24.3 Å². The minimum absolute atomic E-state index is 0.0239. The van der Waals surface area contributed by atoms with E-state index in [0.717, 1.165) is 44.1 Å². The molecule has 0 radical (unpaired) electrons. The van der Waals surface area contributed by atoms with Crippen molar-refractivity contribution in [1.82, 2.24) is 5.32 Å². The van der Waals surface area contributed by atoms with E-state index < -0.39 is 10.0 Å². The van der Waals surface area contributed by atoms with Gasteiger partial charge in [0.1, 0.15) is 10.6 Å². The molecule has 1 fully saturated rings. The number of fused-ring (bicyclic) bond motifs is 1.